The largest absolute Gasteiger partial charge is 0.476 e. The molecule has 23 heavy (non-hydrogen) atoms. The average molecular weight is 319 g/mol. The van der Waals surface area contributed by atoms with Crippen LogP contribution in [0.5, 0.6) is 0 Å². The highest BCUT2D eigenvalue weighted by Gasteiger charge is 2.36. The van der Waals surface area contributed by atoms with Gasteiger partial charge in [-0.15, -0.1) is 0 Å². The number of nitrogens with zero attached hydrogens (tertiary/aromatic N) is 3. The van der Waals surface area contributed by atoms with Crippen molar-refractivity contribution >= 4 is 29.4 Å². The zero-order chi connectivity index (χ0) is 17.1. The van der Waals surface area contributed by atoms with Crippen molar-refractivity contribution < 1.29 is 29.8 Å². The number of aliphatic carboxylic acids is 1. The molecular weight excluding hydrogens is 310 g/mol. The van der Waals surface area contributed by atoms with Gasteiger partial charge in [-0.25, -0.2) is 10.1 Å². The highest BCUT2D eigenvalue weighted by molar-refractivity contribution is 6.51. The van der Waals surface area contributed by atoms with Crippen molar-refractivity contribution in [3.8, 4) is 0 Å². The van der Waals surface area contributed by atoms with Crippen molar-refractivity contribution in [2.75, 3.05) is 0 Å². The Morgan fingerprint density at radius 3 is 2.48 bits per heavy atom. The minimum Gasteiger partial charge on any atom is -0.476 e. The maximum absolute atomic E-state index is 12.1. The van der Waals surface area contributed by atoms with E-state index < -0.39 is 28.4 Å². The van der Waals surface area contributed by atoms with Crippen LogP contribution in [0.2, 0.25) is 0 Å². The van der Waals surface area contributed by atoms with Crippen LogP contribution in [-0.4, -0.2) is 37.9 Å². The van der Waals surface area contributed by atoms with Crippen molar-refractivity contribution in [3.05, 3.63) is 58.0 Å². The molecule has 118 valence electrons. The first-order valence-electron chi connectivity index (χ1n) is 5.98. The van der Waals surface area contributed by atoms with E-state index in [1.165, 1.54) is 30.3 Å². The molecule has 0 atom stereocenters. The Morgan fingerprint density at radius 1 is 1.39 bits per heavy atom. The van der Waals surface area contributed by atoms with E-state index in [1.807, 2.05) is 0 Å². The van der Waals surface area contributed by atoms with Gasteiger partial charge in [0.15, 0.2) is 5.71 Å². The molecule has 10 nitrogen and oxygen atoms in total. The van der Waals surface area contributed by atoms with Gasteiger partial charge in [-0.3, -0.25) is 14.9 Å². The number of rotatable bonds is 5. The van der Waals surface area contributed by atoms with Gasteiger partial charge in [0.1, 0.15) is 0 Å². The van der Waals surface area contributed by atoms with Crippen molar-refractivity contribution in [2.24, 2.45) is 5.10 Å². The lowest BCUT2D eigenvalue weighted by atomic mass is 10.1. The standard InChI is InChI=1S/C13H9N3O7/c1-7(23-22)15-12(17)10(11(14-15)13(18)19)6-8-2-4-9(5-3-8)16(20)21/h2-6,22H,1H2,(H,18,19)/b10-6-. The third-order valence-electron chi connectivity index (χ3n) is 2.84. The predicted octanol–water partition coefficient (Wildman–Crippen LogP) is 1.22. The van der Waals surface area contributed by atoms with Crippen molar-refractivity contribution in [2.45, 2.75) is 0 Å². The molecule has 0 bridgehead atoms. The molecule has 0 radical (unpaired) electrons. The summed E-state index contributed by atoms with van der Waals surface area (Å²) in [5.74, 6) is -2.92. The fourth-order valence-electron chi connectivity index (χ4n) is 1.77. The van der Waals surface area contributed by atoms with Crippen molar-refractivity contribution in [1.29, 1.82) is 0 Å². The molecule has 1 amide bonds. The van der Waals surface area contributed by atoms with Crippen LogP contribution in [0.3, 0.4) is 0 Å². The molecule has 0 fully saturated rings. The Kier molecular flexibility index (Phi) is 4.18. The molecule has 10 heteroatoms. The number of carboxylic acids is 1. The Balaban J connectivity index is 2.41. The van der Waals surface area contributed by atoms with Gasteiger partial charge in [0, 0.05) is 12.1 Å². The number of benzene rings is 1. The van der Waals surface area contributed by atoms with Gasteiger partial charge >= 0.3 is 5.97 Å². The SMILES string of the molecule is C=C(OO)N1N=C(C(=O)O)/C(=C/c2ccc([N+](=O)[O-])cc2)C1=O. The Hall–Kier alpha value is -3.53. The van der Waals surface area contributed by atoms with Crippen LogP contribution in [0.1, 0.15) is 5.56 Å². The molecular formula is C13H9N3O7. The van der Waals surface area contributed by atoms with Crippen molar-refractivity contribution in [3.63, 3.8) is 0 Å². The second-order valence-electron chi connectivity index (χ2n) is 4.26. The van der Waals surface area contributed by atoms with Crippen LogP contribution < -0.4 is 0 Å². The molecule has 1 aliphatic rings. The summed E-state index contributed by atoms with van der Waals surface area (Å²) in [5.41, 5.74) is -0.665. The fourth-order valence-corrected chi connectivity index (χ4v) is 1.77. The van der Waals surface area contributed by atoms with Crippen molar-refractivity contribution in [1.82, 2.24) is 5.01 Å². The summed E-state index contributed by atoms with van der Waals surface area (Å²) in [6.45, 7) is 3.20. The molecule has 2 N–H and O–H groups in total. The van der Waals surface area contributed by atoms with Crippen LogP contribution in [-0.2, 0) is 14.5 Å². The van der Waals surface area contributed by atoms with E-state index in [4.69, 9.17) is 10.4 Å². The second kappa shape index (κ2) is 6.07. The van der Waals surface area contributed by atoms with Crippen LogP contribution >= 0.6 is 0 Å². The maximum Gasteiger partial charge on any atom is 0.357 e. The quantitative estimate of drug-likeness (QED) is 0.273. The second-order valence-corrected chi connectivity index (χ2v) is 4.26. The number of hydrazone groups is 1. The van der Waals surface area contributed by atoms with Gasteiger partial charge < -0.3 is 9.99 Å². The Labute approximate surface area is 128 Å². The lowest BCUT2D eigenvalue weighted by Gasteiger charge is -2.09. The zero-order valence-electron chi connectivity index (χ0n) is 11.4. The summed E-state index contributed by atoms with van der Waals surface area (Å²) in [6, 6.07) is 5.10. The third kappa shape index (κ3) is 3.06. The number of hydrogen-bond acceptors (Lipinski definition) is 7. The fraction of sp³-hybridized carbons (Fsp3) is 0. The van der Waals surface area contributed by atoms with E-state index >= 15 is 0 Å². The smallest absolute Gasteiger partial charge is 0.357 e. The summed E-state index contributed by atoms with van der Waals surface area (Å²) >= 11 is 0. The highest BCUT2D eigenvalue weighted by atomic mass is 17.1. The van der Waals surface area contributed by atoms with E-state index in [9.17, 15) is 19.7 Å². The first kappa shape index (κ1) is 15.9. The van der Waals surface area contributed by atoms with Gasteiger partial charge in [-0.1, -0.05) is 0 Å². The Morgan fingerprint density at radius 2 is 2.00 bits per heavy atom. The lowest BCUT2D eigenvalue weighted by Crippen LogP contribution is -2.22. The van der Waals surface area contributed by atoms with Gasteiger partial charge in [-0.05, 0) is 30.4 Å². The summed E-state index contributed by atoms with van der Waals surface area (Å²) in [6.07, 6.45) is 1.20. The molecule has 1 aliphatic heterocycles. The molecule has 0 unspecified atom stereocenters. The van der Waals surface area contributed by atoms with Crippen LogP contribution in [0.15, 0.2) is 47.4 Å². The topological polar surface area (TPSA) is 143 Å². The first-order valence-corrected chi connectivity index (χ1v) is 5.98. The number of amides is 1. The molecule has 1 aromatic carbocycles. The van der Waals surface area contributed by atoms with Gasteiger partial charge in [0.2, 0.25) is 0 Å². The number of carboxylic acid groups (broad SMARTS) is 1. The predicted molar refractivity (Wildman–Crippen MR) is 75.8 cm³/mol. The number of nitro groups is 1. The maximum atomic E-state index is 12.1. The summed E-state index contributed by atoms with van der Waals surface area (Å²) in [7, 11) is 0. The normalized spacial score (nSPS) is 15.5. The number of nitro benzene ring substituents is 1. The van der Waals surface area contributed by atoms with Gasteiger partial charge in [0.05, 0.1) is 10.5 Å². The van der Waals surface area contributed by atoms with E-state index in [0.717, 1.165) is 0 Å². The Bertz CT molecular complexity index is 764. The molecule has 1 aromatic rings. The van der Waals surface area contributed by atoms with E-state index in [1.54, 1.807) is 0 Å². The van der Waals surface area contributed by atoms with Crippen LogP contribution in [0.25, 0.3) is 6.08 Å². The summed E-state index contributed by atoms with van der Waals surface area (Å²) in [4.78, 5) is 37.1. The summed E-state index contributed by atoms with van der Waals surface area (Å²) < 4.78 is 0. The molecule has 0 saturated carbocycles. The molecule has 1 heterocycles. The summed E-state index contributed by atoms with van der Waals surface area (Å²) in [5, 5.41) is 32.2. The molecule has 0 aliphatic carbocycles. The minimum absolute atomic E-state index is 0.152. The molecule has 0 spiro atoms. The number of carbonyl (C=O) groups excluding carboxylic acids is 1. The van der Waals surface area contributed by atoms with E-state index in [-0.39, 0.29) is 11.3 Å². The number of hydrogen-bond donors (Lipinski definition) is 2. The highest BCUT2D eigenvalue weighted by Crippen LogP contribution is 2.23. The average Bonchev–Trinajstić information content (AvgIpc) is 2.84. The van der Waals surface area contributed by atoms with Crippen LogP contribution in [0.4, 0.5) is 5.69 Å². The molecule has 0 aromatic heterocycles. The monoisotopic (exact) mass is 319 g/mol. The number of non-ortho nitro benzene ring substituents is 1. The third-order valence-corrected chi connectivity index (χ3v) is 2.84. The minimum atomic E-state index is -1.47. The van der Waals surface area contributed by atoms with Gasteiger partial charge in [-0.2, -0.15) is 10.1 Å². The lowest BCUT2D eigenvalue weighted by molar-refractivity contribution is -0.384. The first-order chi connectivity index (χ1) is 10.8. The zero-order valence-corrected chi connectivity index (χ0v) is 11.4. The van der Waals surface area contributed by atoms with E-state index in [2.05, 4.69) is 16.6 Å². The van der Waals surface area contributed by atoms with Gasteiger partial charge in [0.25, 0.3) is 17.5 Å². The molecule has 2 rings (SSSR count). The molecule has 0 saturated heterocycles. The van der Waals surface area contributed by atoms with E-state index in [0.29, 0.717) is 10.6 Å². The number of carbonyl (C=O) groups is 2. The van der Waals surface area contributed by atoms with Crippen LogP contribution in [0, 0.1) is 10.1 Å².